The predicted octanol–water partition coefficient (Wildman–Crippen LogP) is 4.26. The summed E-state index contributed by atoms with van der Waals surface area (Å²) in [5.41, 5.74) is 1.34. The van der Waals surface area contributed by atoms with E-state index < -0.39 is 17.7 Å². The number of halogens is 3. The van der Waals surface area contributed by atoms with Crippen LogP contribution in [0.5, 0.6) is 17.6 Å². The molecule has 11 heteroatoms. The fraction of sp³-hybridized carbons (Fsp3) is 0.227. The number of benzene rings is 2. The van der Waals surface area contributed by atoms with Crippen LogP contribution in [0.1, 0.15) is 12.8 Å². The monoisotopic (exact) mass is 476 g/mol. The highest BCUT2D eigenvalue weighted by atomic mass is 35.5. The van der Waals surface area contributed by atoms with Crippen LogP contribution in [-0.4, -0.2) is 49.7 Å². The first-order valence-electron chi connectivity index (χ1n) is 10.0. The molecule has 0 spiro atoms. The van der Waals surface area contributed by atoms with E-state index in [0.717, 1.165) is 12.1 Å². The fourth-order valence-electron chi connectivity index (χ4n) is 3.12. The maximum Gasteiger partial charge on any atom is 0.327 e. The normalized spacial score (nSPS) is 12.2. The molecule has 4 aromatic rings. The Labute approximate surface area is 191 Å². The van der Waals surface area contributed by atoms with Gasteiger partial charge < -0.3 is 19.7 Å². The van der Waals surface area contributed by atoms with Crippen molar-refractivity contribution in [2.75, 3.05) is 13.2 Å². The summed E-state index contributed by atoms with van der Waals surface area (Å²) >= 11 is 6.34. The molecule has 0 bridgehead atoms. The van der Waals surface area contributed by atoms with Gasteiger partial charge in [-0.2, -0.15) is 15.1 Å². The van der Waals surface area contributed by atoms with Gasteiger partial charge in [0.05, 0.1) is 25.0 Å². The Balaban J connectivity index is 1.71. The summed E-state index contributed by atoms with van der Waals surface area (Å²) in [6, 6.07) is 9.69. The summed E-state index contributed by atoms with van der Waals surface area (Å²) in [5.74, 6) is -1.84. The molecule has 1 atom stereocenters. The Morgan fingerprint density at radius 1 is 1.12 bits per heavy atom. The van der Waals surface area contributed by atoms with E-state index in [0.29, 0.717) is 40.6 Å². The first kappa shape index (κ1) is 22.8. The number of aliphatic hydroxyl groups excluding tert-OH is 2. The molecule has 0 aliphatic carbocycles. The smallest absolute Gasteiger partial charge is 0.327 e. The summed E-state index contributed by atoms with van der Waals surface area (Å²) < 4.78 is 38.5. The number of fused-ring (bicyclic) bond motifs is 1. The largest absolute Gasteiger partial charge is 0.477 e. The summed E-state index contributed by atoms with van der Waals surface area (Å²) in [4.78, 5) is 8.46. The number of aromatic nitrogens is 4. The van der Waals surface area contributed by atoms with Crippen LogP contribution in [0.3, 0.4) is 0 Å². The standard InChI is InChI=1S/C22H19ClF2N4O4/c23-15-6-2-1-5-14(15)19-18-20(29-28-19)26-22(33-17-8-7-12(24)10-16(17)25)27-21(18)32-9-3-4-13(31)11-30/h1-2,5-8,10,13,30-31H,3-4,9,11H2,(H,26,27,28,29)/t13-/m0/s1. The molecule has 2 aromatic heterocycles. The van der Waals surface area contributed by atoms with Gasteiger partial charge in [-0.1, -0.05) is 29.8 Å². The molecule has 0 saturated carbocycles. The summed E-state index contributed by atoms with van der Waals surface area (Å²) in [7, 11) is 0. The van der Waals surface area contributed by atoms with Crippen molar-refractivity contribution in [1.82, 2.24) is 20.2 Å². The highest BCUT2D eigenvalue weighted by molar-refractivity contribution is 6.33. The van der Waals surface area contributed by atoms with Gasteiger partial charge in [0.25, 0.3) is 0 Å². The van der Waals surface area contributed by atoms with Crippen molar-refractivity contribution in [2.45, 2.75) is 18.9 Å². The molecule has 0 fully saturated rings. The van der Waals surface area contributed by atoms with Crippen molar-refractivity contribution in [1.29, 1.82) is 0 Å². The van der Waals surface area contributed by atoms with Crippen LogP contribution in [0.15, 0.2) is 42.5 Å². The third-order valence-electron chi connectivity index (χ3n) is 4.73. The van der Waals surface area contributed by atoms with E-state index in [4.69, 9.17) is 26.2 Å². The lowest BCUT2D eigenvalue weighted by atomic mass is 10.1. The molecule has 0 unspecified atom stereocenters. The van der Waals surface area contributed by atoms with Crippen LogP contribution in [0.2, 0.25) is 5.02 Å². The van der Waals surface area contributed by atoms with Gasteiger partial charge in [-0.15, -0.1) is 0 Å². The van der Waals surface area contributed by atoms with Gasteiger partial charge in [0.2, 0.25) is 5.88 Å². The van der Waals surface area contributed by atoms with Crippen LogP contribution in [0.4, 0.5) is 8.78 Å². The van der Waals surface area contributed by atoms with Gasteiger partial charge in [-0.3, -0.25) is 5.10 Å². The molecular formula is C22H19ClF2N4O4. The van der Waals surface area contributed by atoms with Crippen LogP contribution in [0, 0.1) is 11.6 Å². The van der Waals surface area contributed by atoms with Gasteiger partial charge in [0.1, 0.15) is 11.2 Å². The second-order valence-electron chi connectivity index (χ2n) is 7.09. The Morgan fingerprint density at radius 2 is 1.94 bits per heavy atom. The zero-order valence-corrected chi connectivity index (χ0v) is 17.9. The number of aromatic amines is 1. The van der Waals surface area contributed by atoms with Crippen molar-refractivity contribution >= 4 is 22.6 Å². The number of rotatable bonds is 9. The lowest BCUT2D eigenvalue weighted by Crippen LogP contribution is -2.13. The zero-order chi connectivity index (χ0) is 23.4. The van der Waals surface area contributed by atoms with E-state index in [1.165, 1.54) is 0 Å². The van der Waals surface area contributed by atoms with E-state index in [-0.39, 0.29) is 36.5 Å². The van der Waals surface area contributed by atoms with Gasteiger partial charge in [-0.25, -0.2) is 8.78 Å². The van der Waals surface area contributed by atoms with Crippen molar-refractivity contribution < 1.29 is 28.5 Å². The third kappa shape index (κ3) is 5.19. The minimum absolute atomic E-state index is 0.0969. The van der Waals surface area contributed by atoms with E-state index in [1.54, 1.807) is 24.3 Å². The van der Waals surface area contributed by atoms with Crippen LogP contribution >= 0.6 is 11.6 Å². The van der Waals surface area contributed by atoms with E-state index >= 15 is 0 Å². The van der Waals surface area contributed by atoms with E-state index in [2.05, 4.69) is 20.2 Å². The molecule has 172 valence electrons. The molecule has 0 amide bonds. The molecule has 2 aromatic carbocycles. The molecule has 8 nitrogen and oxygen atoms in total. The van der Waals surface area contributed by atoms with Crippen molar-refractivity contribution in [3.8, 4) is 28.9 Å². The molecule has 2 heterocycles. The molecule has 33 heavy (non-hydrogen) atoms. The number of hydrogen-bond donors (Lipinski definition) is 3. The van der Waals surface area contributed by atoms with Crippen LogP contribution < -0.4 is 9.47 Å². The first-order valence-corrected chi connectivity index (χ1v) is 10.4. The summed E-state index contributed by atoms with van der Waals surface area (Å²) in [6.45, 7) is -0.196. The molecule has 0 radical (unpaired) electrons. The Morgan fingerprint density at radius 3 is 2.70 bits per heavy atom. The maximum atomic E-state index is 14.0. The topological polar surface area (TPSA) is 113 Å². The third-order valence-corrected chi connectivity index (χ3v) is 5.06. The SMILES string of the molecule is OC[C@@H](O)CCCOc1nc(Oc2ccc(F)cc2F)nc2n[nH]c(-c3ccccc3Cl)c12. The first-order chi connectivity index (χ1) is 16.0. The number of nitrogens with one attached hydrogen (secondary N) is 1. The van der Waals surface area contributed by atoms with Gasteiger partial charge in [0, 0.05) is 16.7 Å². The Hall–Kier alpha value is -3.34. The van der Waals surface area contributed by atoms with E-state index in [1.807, 2.05) is 0 Å². The molecule has 0 aliphatic heterocycles. The van der Waals surface area contributed by atoms with Gasteiger partial charge in [0.15, 0.2) is 17.2 Å². The van der Waals surface area contributed by atoms with Crippen LogP contribution in [0.25, 0.3) is 22.3 Å². The number of H-pyrrole nitrogens is 1. The number of hydrogen-bond acceptors (Lipinski definition) is 7. The second-order valence-corrected chi connectivity index (χ2v) is 7.50. The molecular weight excluding hydrogens is 458 g/mol. The van der Waals surface area contributed by atoms with Gasteiger partial charge >= 0.3 is 6.01 Å². The maximum absolute atomic E-state index is 14.0. The fourth-order valence-corrected chi connectivity index (χ4v) is 3.35. The van der Waals surface area contributed by atoms with Crippen molar-refractivity contribution in [2.24, 2.45) is 0 Å². The van der Waals surface area contributed by atoms with Gasteiger partial charge in [-0.05, 0) is 31.0 Å². The summed E-state index contributed by atoms with van der Waals surface area (Å²) in [6.07, 6.45) is -0.112. The Bertz CT molecular complexity index is 1270. The highest BCUT2D eigenvalue weighted by Crippen LogP contribution is 2.37. The van der Waals surface area contributed by atoms with Crippen LogP contribution in [-0.2, 0) is 0 Å². The average molecular weight is 477 g/mol. The number of nitrogens with zero attached hydrogens (tertiary/aromatic N) is 3. The highest BCUT2D eigenvalue weighted by Gasteiger charge is 2.21. The number of aliphatic hydroxyl groups is 2. The molecule has 3 N–H and O–H groups in total. The predicted molar refractivity (Wildman–Crippen MR) is 116 cm³/mol. The van der Waals surface area contributed by atoms with Crippen molar-refractivity contribution in [3.05, 3.63) is 59.1 Å². The quantitative estimate of drug-likeness (QED) is 0.309. The minimum atomic E-state index is -0.919. The molecule has 0 saturated heterocycles. The zero-order valence-electron chi connectivity index (χ0n) is 17.1. The lowest BCUT2D eigenvalue weighted by molar-refractivity contribution is 0.0826. The van der Waals surface area contributed by atoms with E-state index in [9.17, 15) is 13.9 Å². The second kappa shape index (κ2) is 10.1. The minimum Gasteiger partial charge on any atom is -0.477 e. The Kier molecular flexibility index (Phi) is 6.97. The average Bonchev–Trinajstić information content (AvgIpc) is 3.22. The molecule has 4 rings (SSSR count). The van der Waals surface area contributed by atoms with Crippen molar-refractivity contribution in [3.63, 3.8) is 0 Å². The lowest BCUT2D eigenvalue weighted by Gasteiger charge is -2.11. The number of ether oxygens (including phenoxy) is 2. The molecule has 0 aliphatic rings. The summed E-state index contributed by atoms with van der Waals surface area (Å²) in [5, 5.41) is 26.4.